The number of benzene rings is 2. The monoisotopic (exact) mass is 470 g/mol. The first-order chi connectivity index (χ1) is 11.3. The Morgan fingerprint density at radius 1 is 1.12 bits per heavy atom. The predicted octanol–water partition coefficient (Wildman–Crippen LogP) is 5.13. The van der Waals surface area contributed by atoms with Gasteiger partial charge in [0.1, 0.15) is 5.75 Å². The van der Waals surface area contributed by atoms with Gasteiger partial charge in [0.2, 0.25) is 0 Å². The van der Waals surface area contributed by atoms with Crippen molar-refractivity contribution in [1.29, 1.82) is 0 Å². The van der Waals surface area contributed by atoms with Crippen LogP contribution in [-0.2, 0) is 0 Å². The molecule has 2 N–H and O–H groups in total. The van der Waals surface area contributed by atoms with Gasteiger partial charge in [0, 0.05) is 14.6 Å². The maximum atomic E-state index is 12.5. The lowest BCUT2D eigenvalue weighted by molar-refractivity contribution is 0.0972. The Hall–Kier alpha value is -1.44. The van der Waals surface area contributed by atoms with E-state index in [1.165, 1.54) is 0 Å². The number of carbonyl (C=O) groups excluding carboxylic acids is 1. The third kappa shape index (κ3) is 5.58. The predicted molar refractivity (Wildman–Crippen MR) is 108 cm³/mol. The summed E-state index contributed by atoms with van der Waals surface area (Å²) in [7, 11) is 0. The van der Waals surface area contributed by atoms with Crippen molar-refractivity contribution in [3.63, 3.8) is 0 Å². The molecule has 0 spiro atoms. The molecule has 2 aromatic carbocycles. The second-order valence-electron chi connectivity index (χ2n) is 5.23. The van der Waals surface area contributed by atoms with Gasteiger partial charge in [-0.15, -0.1) is 0 Å². The van der Waals surface area contributed by atoms with Crippen LogP contribution in [0, 0.1) is 0 Å². The molecule has 0 fully saturated rings. The van der Waals surface area contributed by atoms with E-state index in [9.17, 15) is 4.79 Å². The summed E-state index contributed by atoms with van der Waals surface area (Å²) in [6, 6.07) is 12.8. The van der Waals surface area contributed by atoms with E-state index < -0.39 is 0 Å². The number of hydrogen-bond acceptors (Lipinski definition) is 3. The Balaban J connectivity index is 2.11. The highest BCUT2D eigenvalue weighted by atomic mass is 79.9. The minimum atomic E-state index is -0.334. The zero-order valence-electron chi connectivity index (χ0n) is 13.1. The summed E-state index contributed by atoms with van der Waals surface area (Å²) >= 11 is 12.0. The maximum Gasteiger partial charge on any atom is 0.261 e. The van der Waals surface area contributed by atoms with Gasteiger partial charge < -0.3 is 10.1 Å². The summed E-state index contributed by atoms with van der Waals surface area (Å²) in [6.07, 6.45) is -0.0375. The molecule has 0 radical (unpaired) electrons. The summed E-state index contributed by atoms with van der Waals surface area (Å²) < 4.78 is 7.39. The molecule has 2 rings (SSSR count). The van der Waals surface area contributed by atoms with Crippen molar-refractivity contribution in [3.8, 4) is 5.75 Å². The van der Waals surface area contributed by atoms with Gasteiger partial charge in [-0.05, 0) is 62.5 Å². The van der Waals surface area contributed by atoms with E-state index in [2.05, 4.69) is 42.5 Å². The Bertz CT molecular complexity index is 766. The van der Waals surface area contributed by atoms with Crippen LogP contribution in [0.1, 0.15) is 24.2 Å². The van der Waals surface area contributed by atoms with Gasteiger partial charge in [-0.25, -0.2) is 0 Å². The Morgan fingerprint density at radius 2 is 1.83 bits per heavy atom. The van der Waals surface area contributed by atoms with Crippen molar-refractivity contribution in [2.24, 2.45) is 0 Å². The molecule has 4 nitrogen and oxygen atoms in total. The Kier molecular flexibility index (Phi) is 6.77. The molecule has 0 aliphatic carbocycles. The van der Waals surface area contributed by atoms with Gasteiger partial charge in [-0.2, -0.15) is 0 Å². The van der Waals surface area contributed by atoms with Gasteiger partial charge in [-0.1, -0.05) is 37.9 Å². The van der Waals surface area contributed by atoms with Crippen molar-refractivity contribution in [1.82, 2.24) is 5.32 Å². The number of ether oxygens (including phenoxy) is 1. The van der Waals surface area contributed by atoms with Crippen LogP contribution < -0.4 is 15.4 Å². The molecule has 7 heteroatoms. The van der Waals surface area contributed by atoms with Crippen molar-refractivity contribution in [2.75, 3.05) is 5.32 Å². The van der Waals surface area contributed by atoms with E-state index in [4.69, 9.17) is 17.0 Å². The summed E-state index contributed by atoms with van der Waals surface area (Å²) in [4.78, 5) is 12.5. The Labute approximate surface area is 163 Å². The van der Waals surface area contributed by atoms with Gasteiger partial charge in [0.15, 0.2) is 5.11 Å². The van der Waals surface area contributed by atoms with E-state index >= 15 is 0 Å². The average Bonchev–Trinajstić information content (AvgIpc) is 2.48. The fourth-order valence-electron chi connectivity index (χ4n) is 1.94. The van der Waals surface area contributed by atoms with Crippen LogP contribution in [0.2, 0.25) is 0 Å². The number of carbonyl (C=O) groups is 1. The van der Waals surface area contributed by atoms with E-state index in [-0.39, 0.29) is 17.1 Å². The Morgan fingerprint density at radius 3 is 2.50 bits per heavy atom. The van der Waals surface area contributed by atoms with E-state index in [0.29, 0.717) is 11.3 Å². The van der Waals surface area contributed by atoms with Crippen LogP contribution in [-0.4, -0.2) is 17.1 Å². The SMILES string of the molecule is CC(C)Oc1ccc(Br)cc1C(=O)NC(=S)Nc1cccc(Br)c1. The third-order valence-corrected chi connectivity index (χ3v) is 4.05. The highest BCUT2D eigenvalue weighted by Crippen LogP contribution is 2.24. The van der Waals surface area contributed by atoms with E-state index in [0.717, 1.165) is 14.6 Å². The number of amides is 1. The molecule has 0 heterocycles. The minimum Gasteiger partial charge on any atom is -0.490 e. The van der Waals surface area contributed by atoms with Crippen LogP contribution in [0.4, 0.5) is 5.69 Å². The van der Waals surface area contributed by atoms with Crippen LogP contribution in [0.15, 0.2) is 51.4 Å². The largest absolute Gasteiger partial charge is 0.490 e. The topological polar surface area (TPSA) is 50.4 Å². The van der Waals surface area contributed by atoms with Crippen LogP contribution >= 0.6 is 44.1 Å². The molecule has 24 heavy (non-hydrogen) atoms. The summed E-state index contributed by atoms with van der Waals surface area (Å²) in [5, 5.41) is 5.86. The average molecular weight is 472 g/mol. The smallest absolute Gasteiger partial charge is 0.261 e. The summed E-state index contributed by atoms with van der Waals surface area (Å²) in [6.45, 7) is 3.81. The number of rotatable bonds is 4. The second kappa shape index (κ2) is 8.60. The summed E-state index contributed by atoms with van der Waals surface area (Å²) in [5.41, 5.74) is 1.19. The first kappa shape index (κ1) is 18.9. The minimum absolute atomic E-state index is 0.0375. The molecule has 0 aliphatic heterocycles. The van der Waals surface area contributed by atoms with Crippen molar-refractivity contribution < 1.29 is 9.53 Å². The van der Waals surface area contributed by atoms with Gasteiger partial charge in [-0.3, -0.25) is 10.1 Å². The molecule has 0 saturated heterocycles. The quantitative estimate of drug-likeness (QED) is 0.607. The molecule has 0 bridgehead atoms. The number of nitrogens with one attached hydrogen (secondary N) is 2. The lowest BCUT2D eigenvalue weighted by Gasteiger charge is -2.15. The highest BCUT2D eigenvalue weighted by molar-refractivity contribution is 9.10. The maximum absolute atomic E-state index is 12.5. The lowest BCUT2D eigenvalue weighted by atomic mass is 10.2. The highest BCUT2D eigenvalue weighted by Gasteiger charge is 2.15. The third-order valence-electron chi connectivity index (χ3n) is 2.86. The zero-order chi connectivity index (χ0) is 17.7. The lowest BCUT2D eigenvalue weighted by Crippen LogP contribution is -2.34. The molecule has 1 amide bonds. The fourth-order valence-corrected chi connectivity index (χ4v) is 2.91. The number of thiocarbonyl (C=S) groups is 1. The molecule has 0 aromatic heterocycles. The van der Waals surface area contributed by atoms with E-state index in [1.807, 2.05) is 44.2 Å². The van der Waals surface area contributed by atoms with Gasteiger partial charge in [0.05, 0.1) is 11.7 Å². The first-order valence-corrected chi connectivity index (χ1v) is 9.18. The first-order valence-electron chi connectivity index (χ1n) is 7.19. The molecule has 0 unspecified atom stereocenters. The number of anilines is 1. The van der Waals surface area contributed by atoms with Crippen LogP contribution in [0.25, 0.3) is 0 Å². The standard InChI is InChI=1S/C17H16Br2N2O2S/c1-10(2)23-15-7-6-12(19)9-14(15)16(22)21-17(24)20-13-5-3-4-11(18)8-13/h3-10H,1-2H3,(H2,20,21,22,24). The van der Waals surface area contributed by atoms with Gasteiger partial charge >= 0.3 is 0 Å². The molecule has 0 atom stereocenters. The molecule has 0 saturated carbocycles. The summed E-state index contributed by atoms with van der Waals surface area (Å²) in [5.74, 6) is 0.176. The van der Waals surface area contributed by atoms with Crippen molar-refractivity contribution >= 4 is 60.8 Å². The second-order valence-corrected chi connectivity index (χ2v) is 7.47. The molecular weight excluding hydrogens is 456 g/mol. The normalized spacial score (nSPS) is 10.4. The van der Waals surface area contributed by atoms with Crippen molar-refractivity contribution in [3.05, 3.63) is 57.0 Å². The zero-order valence-corrected chi connectivity index (χ0v) is 17.1. The van der Waals surface area contributed by atoms with Crippen LogP contribution in [0.5, 0.6) is 5.75 Å². The van der Waals surface area contributed by atoms with Gasteiger partial charge in [0.25, 0.3) is 5.91 Å². The molecule has 0 aliphatic rings. The number of halogens is 2. The molecular formula is C17H16Br2N2O2S. The molecule has 2 aromatic rings. The number of hydrogen-bond donors (Lipinski definition) is 2. The molecule has 126 valence electrons. The van der Waals surface area contributed by atoms with Crippen molar-refractivity contribution in [2.45, 2.75) is 20.0 Å². The fraction of sp³-hybridized carbons (Fsp3) is 0.176. The van der Waals surface area contributed by atoms with E-state index in [1.54, 1.807) is 12.1 Å². The van der Waals surface area contributed by atoms with Crippen LogP contribution in [0.3, 0.4) is 0 Å².